The van der Waals surface area contributed by atoms with E-state index in [1.807, 2.05) is 30.3 Å². The lowest BCUT2D eigenvalue weighted by Crippen LogP contribution is -2.30. The molecule has 0 aliphatic carbocycles. The van der Waals surface area contributed by atoms with Gasteiger partial charge in [-0.2, -0.15) is 0 Å². The molecule has 1 amide bonds. The van der Waals surface area contributed by atoms with Crippen LogP contribution in [-0.2, 0) is 6.54 Å². The van der Waals surface area contributed by atoms with E-state index in [4.69, 9.17) is 9.47 Å². The average molecular weight is 379 g/mol. The number of carbonyl (C=O) groups is 1. The van der Waals surface area contributed by atoms with Crippen LogP contribution in [0.25, 0.3) is 11.3 Å². The highest BCUT2D eigenvalue weighted by atomic mass is 16.5. The van der Waals surface area contributed by atoms with Crippen molar-refractivity contribution >= 4 is 5.91 Å². The summed E-state index contributed by atoms with van der Waals surface area (Å²) in [4.78, 5) is 29.0. The van der Waals surface area contributed by atoms with E-state index >= 15 is 0 Å². The number of ether oxygens (including phenoxy) is 2. The largest absolute Gasteiger partial charge is 0.497 e. The highest BCUT2D eigenvalue weighted by molar-refractivity contribution is 5.95. The third-order valence-electron chi connectivity index (χ3n) is 4.20. The molecule has 0 spiro atoms. The maximum Gasteiger partial charge on any atom is 0.253 e. The van der Waals surface area contributed by atoms with E-state index in [1.54, 1.807) is 18.2 Å². The first-order chi connectivity index (χ1) is 13.6. The van der Waals surface area contributed by atoms with E-state index in [2.05, 4.69) is 10.3 Å². The molecule has 0 unspecified atom stereocenters. The Bertz CT molecular complexity index is 993. The third-order valence-corrected chi connectivity index (χ3v) is 4.20. The van der Waals surface area contributed by atoms with Gasteiger partial charge in [-0.05, 0) is 12.1 Å². The van der Waals surface area contributed by atoms with Gasteiger partial charge in [0.1, 0.15) is 11.5 Å². The summed E-state index contributed by atoms with van der Waals surface area (Å²) < 4.78 is 11.8. The Morgan fingerprint density at radius 3 is 2.32 bits per heavy atom. The molecular weight excluding hydrogens is 358 g/mol. The number of benzene rings is 2. The summed E-state index contributed by atoms with van der Waals surface area (Å²) in [5, 5.41) is 2.79. The van der Waals surface area contributed by atoms with Crippen LogP contribution in [-0.4, -0.2) is 36.2 Å². The number of amides is 1. The second-order valence-electron chi connectivity index (χ2n) is 6.03. The van der Waals surface area contributed by atoms with Gasteiger partial charge in [-0.25, -0.2) is 4.98 Å². The van der Waals surface area contributed by atoms with Crippen LogP contribution in [0.3, 0.4) is 0 Å². The van der Waals surface area contributed by atoms with Gasteiger partial charge in [0.2, 0.25) is 0 Å². The molecule has 0 saturated carbocycles. The van der Waals surface area contributed by atoms with Gasteiger partial charge in [0.05, 0.1) is 26.2 Å². The predicted octanol–water partition coefficient (Wildman–Crippen LogP) is 2.36. The lowest BCUT2D eigenvalue weighted by molar-refractivity contribution is 0.0951. The molecule has 28 heavy (non-hydrogen) atoms. The van der Waals surface area contributed by atoms with Crippen LogP contribution in [0.1, 0.15) is 10.4 Å². The molecule has 0 saturated heterocycles. The van der Waals surface area contributed by atoms with Gasteiger partial charge in [-0.3, -0.25) is 14.2 Å². The number of nitrogens with zero attached hydrogens (tertiary/aromatic N) is 2. The maximum atomic E-state index is 12.4. The zero-order chi connectivity index (χ0) is 19.9. The molecule has 0 radical (unpaired) electrons. The summed E-state index contributed by atoms with van der Waals surface area (Å²) in [6, 6.07) is 15.9. The van der Waals surface area contributed by atoms with Crippen LogP contribution in [0.2, 0.25) is 0 Å². The normalized spacial score (nSPS) is 10.4. The van der Waals surface area contributed by atoms with Gasteiger partial charge in [-0.1, -0.05) is 30.3 Å². The Morgan fingerprint density at radius 1 is 1.04 bits per heavy atom. The zero-order valence-corrected chi connectivity index (χ0v) is 15.7. The molecule has 3 aromatic rings. The van der Waals surface area contributed by atoms with E-state index in [0.29, 0.717) is 29.3 Å². The van der Waals surface area contributed by atoms with Gasteiger partial charge in [-0.15, -0.1) is 0 Å². The van der Waals surface area contributed by atoms with Crippen LogP contribution in [0.15, 0.2) is 65.7 Å². The number of rotatable bonds is 7. The molecule has 1 heterocycles. The lowest BCUT2D eigenvalue weighted by Gasteiger charge is -2.10. The molecule has 0 atom stereocenters. The number of aromatic nitrogens is 2. The minimum atomic E-state index is -0.279. The lowest BCUT2D eigenvalue weighted by atomic mass is 10.1. The van der Waals surface area contributed by atoms with Crippen LogP contribution in [0.5, 0.6) is 11.5 Å². The van der Waals surface area contributed by atoms with Gasteiger partial charge < -0.3 is 14.8 Å². The van der Waals surface area contributed by atoms with E-state index in [1.165, 1.54) is 31.2 Å². The summed E-state index contributed by atoms with van der Waals surface area (Å²) in [5.74, 6) is 0.780. The van der Waals surface area contributed by atoms with Crippen molar-refractivity contribution in [3.8, 4) is 22.8 Å². The van der Waals surface area contributed by atoms with Crippen molar-refractivity contribution in [1.82, 2.24) is 14.9 Å². The molecule has 144 valence electrons. The zero-order valence-electron chi connectivity index (χ0n) is 15.7. The van der Waals surface area contributed by atoms with Crippen LogP contribution >= 0.6 is 0 Å². The summed E-state index contributed by atoms with van der Waals surface area (Å²) >= 11 is 0. The Balaban J connectivity index is 1.64. The van der Waals surface area contributed by atoms with Crippen molar-refractivity contribution in [2.45, 2.75) is 6.54 Å². The van der Waals surface area contributed by atoms with E-state index < -0.39 is 0 Å². The standard InChI is InChI=1S/C21H21N3O4/c1-27-17-10-16(11-18(12-17)28-2)21(26)22-8-9-24-14-23-19(13-20(24)25)15-6-4-3-5-7-15/h3-7,10-14H,8-9H2,1-2H3,(H,22,26). The Labute approximate surface area is 162 Å². The maximum absolute atomic E-state index is 12.4. The summed E-state index contributed by atoms with van der Waals surface area (Å²) in [6.45, 7) is 0.596. The molecule has 3 rings (SSSR count). The van der Waals surface area contributed by atoms with Crippen molar-refractivity contribution in [3.05, 3.63) is 76.8 Å². The molecule has 0 bridgehead atoms. The van der Waals surface area contributed by atoms with E-state index in [0.717, 1.165) is 5.56 Å². The molecule has 2 aromatic carbocycles. The fraction of sp³-hybridized carbons (Fsp3) is 0.190. The Morgan fingerprint density at radius 2 is 1.71 bits per heavy atom. The van der Waals surface area contributed by atoms with Gasteiger partial charge in [0.25, 0.3) is 11.5 Å². The third kappa shape index (κ3) is 4.56. The van der Waals surface area contributed by atoms with Crippen molar-refractivity contribution in [3.63, 3.8) is 0 Å². The molecule has 1 N–H and O–H groups in total. The van der Waals surface area contributed by atoms with Gasteiger partial charge in [0, 0.05) is 36.3 Å². The molecule has 7 heteroatoms. The number of hydrogen-bond acceptors (Lipinski definition) is 5. The first kappa shape index (κ1) is 19.2. The van der Waals surface area contributed by atoms with Crippen molar-refractivity contribution < 1.29 is 14.3 Å². The monoisotopic (exact) mass is 379 g/mol. The van der Waals surface area contributed by atoms with Crippen molar-refractivity contribution in [2.24, 2.45) is 0 Å². The Kier molecular flexibility index (Phi) is 6.06. The van der Waals surface area contributed by atoms with Gasteiger partial charge >= 0.3 is 0 Å². The number of methoxy groups -OCH3 is 2. The second kappa shape index (κ2) is 8.85. The molecule has 1 aromatic heterocycles. The van der Waals surface area contributed by atoms with Crippen molar-refractivity contribution in [2.75, 3.05) is 20.8 Å². The highest BCUT2D eigenvalue weighted by Gasteiger charge is 2.10. The topological polar surface area (TPSA) is 82.4 Å². The minimum absolute atomic E-state index is 0.175. The fourth-order valence-electron chi connectivity index (χ4n) is 2.69. The van der Waals surface area contributed by atoms with E-state index in [9.17, 15) is 9.59 Å². The van der Waals surface area contributed by atoms with Crippen LogP contribution in [0.4, 0.5) is 0 Å². The molecule has 0 aliphatic rings. The van der Waals surface area contributed by atoms with Crippen LogP contribution in [0, 0.1) is 0 Å². The summed E-state index contributed by atoms with van der Waals surface area (Å²) in [7, 11) is 3.05. The van der Waals surface area contributed by atoms with Crippen LogP contribution < -0.4 is 20.3 Å². The molecule has 7 nitrogen and oxygen atoms in total. The average Bonchev–Trinajstić information content (AvgIpc) is 2.74. The first-order valence-electron chi connectivity index (χ1n) is 8.74. The first-order valence-corrected chi connectivity index (χ1v) is 8.74. The predicted molar refractivity (Wildman–Crippen MR) is 106 cm³/mol. The molecular formula is C21H21N3O4. The number of nitrogens with one attached hydrogen (secondary N) is 1. The SMILES string of the molecule is COc1cc(OC)cc(C(=O)NCCn2cnc(-c3ccccc3)cc2=O)c1. The summed E-state index contributed by atoms with van der Waals surface area (Å²) in [6.07, 6.45) is 1.49. The number of carbonyl (C=O) groups excluding carboxylic acids is 1. The molecule has 0 aliphatic heterocycles. The Hall–Kier alpha value is -3.61. The summed E-state index contributed by atoms with van der Waals surface area (Å²) in [5.41, 5.74) is 1.74. The van der Waals surface area contributed by atoms with Crippen molar-refractivity contribution in [1.29, 1.82) is 0 Å². The number of hydrogen-bond donors (Lipinski definition) is 1. The van der Waals surface area contributed by atoms with E-state index in [-0.39, 0.29) is 18.0 Å². The minimum Gasteiger partial charge on any atom is -0.497 e. The fourth-order valence-corrected chi connectivity index (χ4v) is 2.69. The quantitative estimate of drug-likeness (QED) is 0.681. The molecule has 0 fully saturated rings. The van der Waals surface area contributed by atoms with Gasteiger partial charge in [0.15, 0.2) is 0 Å². The highest BCUT2D eigenvalue weighted by Crippen LogP contribution is 2.22. The smallest absolute Gasteiger partial charge is 0.253 e. The second-order valence-corrected chi connectivity index (χ2v) is 6.03.